The van der Waals surface area contributed by atoms with Gasteiger partial charge in [-0.15, -0.1) is 0 Å². The summed E-state index contributed by atoms with van der Waals surface area (Å²) in [7, 11) is 2.30. The van der Waals surface area contributed by atoms with E-state index in [9.17, 15) is 9.00 Å². The van der Waals surface area contributed by atoms with Crippen molar-refractivity contribution < 1.29 is 9.00 Å². The number of anilines is 1. The summed E-state index contributed by atoms with van der Waals surface area (Å²) < 4.78 is 11.9. The van der Waals surface area contributed by atoms with Gasteiger partial charge in [-0.05, 0) is 24.3 Å². The zero-order valence-electron chi connectivity index (χ0n) is 10.1. The standard InChI is InChI=1S/C12H13ClN2O2S/c1-14(2)7-11-12(16)15(8-18(11)17)10-5-3-9(13)4-6-10/h3-7H,8H2,1-2H3. The van der Waals surface area contributed by atoms with Crippen LogP contribution < -0.4 is 4.90 Å². The highest BCUT2D eigenvalue weighted by molar-refractivity contribution is 7.90. The molecule has 1 fully saturated rings. The van der Waals surface area contributed by atoms with Gasteiger partial charge in [0, 0.05) is 31.0 Å². The number of benzene rings is 1. The van der Waals surface area contributed by atoms with Gasteiger partial charge < -0.3 is 4.90 Å². The van der Waals surface area contributed by atoms with Crippen LogP contribution in [0, 0.1) is 0 Å². The average molecular weight is 285 g/mol. The first-order valence-electron chi connectivity index (χ1n) is 5.33. The number of halogens is 1. The molecule has 0 spiro atoms. The van der Waals surface area contributed by atoms with Gasteiger partial charge >= 0.3 is 0 Å². The molecule has 1 aromatic rings. The fraction of sp³-hybridized carbons (Fsp3) is 0.250. The summed E-state index contributed by atoms with van der Waals surface area (Å²) in [5.41, 5.74) is 0.708. The van der Waals surface area contributed by atoms with Crippen LogP contribution >= 0.6 is 11.6 Å². The van der Waals surface area contributed by atoms with Gasteiger partial charge in [0.15, 0.2) is 0 Å². The molecule has 18 heavy (non-hydrogen) atoms. The number of amides is 1. The molecule has 6 heteroatoms. The van der Waals surface area contributed by atoms with Crippen LogP contribution in [-0.2, 0) is 15.6 Å². The Morgan fingerprint density at radius 2 is 1.94 bits per heavy atom. The fourth-order valence-corrected chi connectivity index (χ4v) is 3.04. The molecule has 96 valence electrons. The molecule has 1 unspecified atom stereocenters. The normalized spacial score (nSPS) is 21.7. The Kier molecular flexibility index (Phi) is 3.73. The lowest BCUT2D eigenvalue weighted by Gasteiger charge is -2.13. The molecule has 0 radical (unpaired) electrons. The van der Waals surface area contributed by atoms with Crippen molar-refractivity contribution in [1.82, 2.24) is 4.90 Å². The molecule has 1 aliphatic rings. The SMILES string of the molecule is CN(C)C=C1C(=O)N(c2ccc(Cl)cc2)CS1=O. The third-order valence-electron chi connectivity index (χ3n) is 2.46. The van der Waals surface area contributed by atoms with E-state index in [2.05, 4.69) is 0 Å². The molecule has 4 nitrogen and oxygen atoms in total. The second-order valence-corrected chi connectivity index (χ2v) is 5.97. The van der Waals surface area contributed by atoms with Crippen LogP contribution in [0.3, 0.4) is 0 Å². The first kappa shape index (κ1) is 13.1. The van der Waals surface area contributed by atoms with E-state index in [4.69, 9.17) is 11.6 Å². The van der Waals surface area contributed by atoms with Gasteiger partial charge in [0.2, 0.25) is 0 Å². The van der Waals surface area contributed by atoms with Crippen molar-refractivity contribution in [3.8, 4) is 0 Å². The zero-order chi connectivity index (χ0) is 13.3. The van der Waals surface area contributed by atoms with E-state index in [-0.39, 0.29) is 11.8 Å². The molecule has 1 aromatic carbocycles. The minimum Gasteiger partial charge on any atom is -0.382 e. The molecular weight excluding hydrogens is 272 g/mol. The molecule has 0 bridgehead atoms. The van der Waals surface area contributed by atoms with Crippen LogP contribution in [0.5, 0.6) is 0 Å². The summed E-state index contributed by atoms with van der Waals surface area (Å²) in [6.07, 6.45) is 1.61. The van der Waals surface area contributed by atoms with Crippen LogP contribution in [0.15, 0.2) is 35.4 Å². The maximum absolute atomic E-state index is 12.1. The van der Waals surface area contributed by atoms with Crippen molar-refractivity contribution in [2.75, 3.05) is 24.9 Å². The van der Waals surface area contributed by atoms with Gasteiger partial charge in [0.1, 0.15) is 10.8 Å². The quantitative estimate of drug-likeness (QED) is 0.778. The summed E-state index contributed by atoms with van der Waals surface area (Å²) in [5.74, 6) is -0.0236. The minimum absolute atomic E-state index is 0.195. The molecular formula is C12H13ClN2O2S. The highest BCUT2D eigenvalue weighted by Crippen LogP contribution is 2.26. The number of hydrogen-bond acceptors (Lipinski definition) is 3. The fourth-order valence-electron chi connectivity index (χ4n) is 1.64. The first-order valence-corrected chi connectivity index (χ1v) is 7.03. The third kappa shape index (κ3) is 2.57. The first-order chi connectivity index (χ1) is 8.49. The Hall–Kier alpha value is -1.33. The van der Waals surface area contributed by atoms with E-state index in [0.29, 0.717) is 15.6 Å². The molecule has 1 atom stereocenters. The van der Waals surface area contributed by atoms with Gasteiger partial charge in [-0.25, -0.2) is 0 Å². The maximum atomic E-state index is 12.1. The van der Waals surface area contributed by atoms with Crippen LogP contribution in [0.4, 0.5) is 5.69 Å². The number of hydrogen-bond donors (Lipinski definition) is 0. The van der Waals surface area contributed by atoms with Crippen molar-refractivity contribution in [1.29, 1.82) is 0 Å². The van der Waals surface area contributed by atoms with Crippen molar-refractivity contribution in [2.24, 2.45) is 0 Å². The lowest BCUT2D eigenvalue weighted by molar-refractivity contribution is -0.114. The second-order valence-electron chi connectivity index (χ2n) is 4.14. The Balaban J connectivity index is 2.31. The molecule has 1 amide bonds. The molecule has 1 aliphatic heterocycles. The van der Waals surface area contributed by atoms with Crippen molar-refractivity contribution in [3.05, 3.63) is 40.4 Å². The Morgan fingerprint density at radius 1 is 1.33 bits per heavy atom. The molecule has 0 saturated carbocycles. The van der Waals surface area contributed by atoms with Gasteiger partial charge in [-0.3, -0.25) is 13.9 Å². The van der Waals surface area contributed by atoms with E-state index in [0.717, 1.165) is 0 Å². The Labute approximate surface area is 113 Å². The lowest BCUT2D eigenvalue weighted by atomic mass is 10.3. The summed E-state index contributed by atoms with van der Waals surface area (Å²) >= 11 is 5.80. The van der Waals surface area contributed by atoms with Crippen molar-refractivity contribution in [3.63, 3.8) is 0 Å². The molecule has 1 saturated heterocycles. The molecule has 1 heterocycles. The Morgan fingerprint density at radius 3 is 2.50 bits per heavy atom. The predicted octanol–water partition coefficient (Wildman–Crippen LogP) is 1.80. The molecule has 0 aromatic heterocycles. The van der Waals surface area contributed by atoms with Gasteiger partial charge in [-0.2, -0.15) is 0 Å². The van der Waals surface area contributed by atoms with Crippen LogP contribution in [0.2, 0.25) is 5.02 Å². The highest BCUT2D eigenvalue weighted by Gasteiger charge is 2.33. The maximum Gasteiger partial charge on any atom is 0.269 e. The van der Waals surface area contributed by atoms with E-state index in [1.54, 1.807) is 49.5 Å². The minimum atomic E-state index is -1.28. The van der Waals surface area contributed by atoms with Crippen LogP contribution in [0.1, 0.15) is 0 Å². The smallest absolute Gasteiger partial charge is 0.269 e. The topological polar surface area (TPSA) is 40.6 Å². The van der Waals surface area contributed by atoms with Crippen molar-refractivity contribution >= 4 is 34.0 Å². The largest absolute Gasteiger partial charge is 0.382 e. The summed E-state index contributed by atoms with van der Waals surface area (Å²) in [6, 6.07) is 6.91. The van der Waals surface area contributed by atoms with E-state index in [1.807, 2.05) is 0 Å². The second kappa shape index (κ2) is 5.12. The number of nitrogens with zero attached hydrogens (tertiary/aromatic N) is 2. The van der Waals surface area contributed by atoms with Gasteiger partial charge in [-0.1, -0.05) is 11.6 Å². The monoisotopic (exact) mass is 284 g/mol. The molecule has 0 aliphatic carbocycles. The molecule has 0 N–H and O–H groups in total. The van der Waals surface area contributed by atoms with Crippen molar-refractivity contribution in [2.45, 2.75) is 0 Å². The van der Waals surface area contributed by atoms with Crippen LogP contribution in [0.25, 0.3) is 0 Å². The van der Waals surface area contributed by atoms with E-state index < -0.39 is 10.8 Å². The van der Waals surface area contributed by atoms with E-state index >= 15 is 0 Å². The Bertz CT molecular complexity index is 525. The summed E-state index contributed by atoms with van der Waals surface area (Å²) in [6.45, 7) is 0. The zero-order valence-corrected chi connectivity index (χ0v) is 11.7. The highest BCUT2D eigenvalue weighted by atomic mass is 35.5. The lowest BCUT2D eigenvalue weighted by Crippen LogP contribution is -2.24. The van der Waals surface area contributed by atoms with Gasteiger partial charge in [0.25, 0.3) is 5.91 Å². The number of rotatable bonds is 2. The average Bonchev–Trinajstić information content (AvgIpc) is 2.58. The third-order valence-corrected chi connectivity index (χ3v) is 3.98. The predicted molar refractivity (Wildman–Crippen MR) is 73.7 cm³/mol. The van der Waals surface area contributed by atoms with Gasteiger partial charge in [0.05, 0.1) is 10.8 Å². The summed E-state index contributed by atoms with van der Waals surface area (Å²) in [5, 5.41) is 0.607. The molecule has 2 rings (SSSR count). The van der Waals surface area contributed by atoms with Crippen LogP contribution in [-0.4, -0.2) is 35.0 Å². The number of carbonyl (C=O) groups is 1. The number of carbonyl (C=O) groups excluding carboxylic acids is 1. The summed E-state index contributed by atoms with van der Waals surface area (Å²) in [4.78, 5) is 15.7. The van der Waals surface area contributed by atoms with E-state index in [1.165, 1.54) is 4.90 Å².